The molecule has 66 heavy (non-hydrogen) atoms. The third-order valence-corrected chi connectivity index (χ3v) is 13.2. The lowest BCUT2D eigenvalue weighted by molar-refractivity contribution is 0.327. The number of fused-ring (bicyclic) bond motifs is 11. The largest absolute Gasteiger partial charge is 0.492 e. The summed E-state index contributed by atoms with van der Waals surface area (Å²) in [6.07, 6.45) is 0.776. The van der Waals surface area contributed by atoms with Crippen LogP contribution in [0.4, 0.5) is 17.1 Å². The maximum absolute atomic E-state index is 7.03. The van der Waals surface area contributed by atoms with Gasteiger partial charge in [-0.25, -0.2) is 0 Å². The molecule has 0 N–H and O–H groups in total. The van der Waals surface area contributed by atoms with E-state index in [4.69, 9.17) is 4.74 Å². The molecule has 12 rings (SSSR count). The maximum atomic E-state index is 7.03. The van der Waals surface area contributed by atoms with Gasteiger partial charge in [0.1, 0.15) is 5.75 Å². The highest BCUT2D eigenvalue weighted by Crippen LogP contribution is 2.50. The summed E-state index contributed by atoms with van der Waals surface area (Å²) in [7, 11) is 0. The van der Waals surface area contributed by atoms with Crippen LogP contribution >= 0.6 is 0 Å². The molecule has 0 spiro atoms. The number of para-hydroxylation sites is 1. The minimum Gasteiger partial charge on any atom is -0.492 e. The van der Waals surface area contributed by atoms with Gasteiger partial charge < -0.3 is 9.64 Å². The number of hydrogen-bond donors (Lipinski definition) is 0. The minimum absolute atomic E-state index is 0.556. The van der Waals surface area contributed by atoms with Crippen LogP contribution in [0.3, 0.4) is 0 Å². The van der Waals surface area contributed by atoms with Crippen molar-refractivity contribution in [3.05, 3.63) is 254 Å². The zero-order valence-corrected chi connectivity index (χ0v) is 36.4. The molecule has 0 unspecified atom stereocenters. The van der Waals surface area contributed by atoms with E-state index in [-0.39, 0.29) is 0 Å². The lowest BCUT2D eigenvalue weighted by Crippen LogP contribution is -2.10. The van der Waals surface area contributed by atoms with Gasteiger partial charge in [0.2, 0.25) is 0 Å². The van der Waals surface area contributed by atoms with Gasteiger partial charge in [-0.1, -0.05) is 206 Å². The molecular weight excluding hydrogens is 799 g/mol. The van der Waals surface area contributed by atoms with Crippen LogP contribution in [0.25, 0.3) is 88.3 Å². The van der Waals surface area contributed by atoms with E-state index in [0.717, 1.165) is 56.9 Å². The third-order valence-electron chi connectivity index (χ3n) is 13.2. The number of anilines is 3. The second kappa shape index (κ2) is 16.9. The van der Waals surface area contributed by atoms with Crippen molar-refractivity contribution in [3.8, 4) is 72.5 Å². The van der Waals surface area contributed by atoms with Gasteiger partial charge in [-0.15, -0.1) is 0 Å². The first-order valence-corrected chi connectivity index (χ1v) is 22.9. The Balaban J connectivity index is 1.05. The molecule has 1 aliphatic heterocycles. The molecule has 0 fully saturated rings. The van der Waals surface area contributed by atoms with Crippen molar-refractivity contribution < 1.29 is 4.74 Å². The molecule has 1 aliphatic rings. The summed E-state index contributed by atoms with van der Waals surface area (Å²) < 4.78 is 7.03. The van der Waals surface area contributed by atoms with E-state index in [1.807, 2.05) is 0 Å². The average Bonchev–Trinajstić information content (AvgIpc) is 3.41. The van der Waals surface area contributed by atoms with Crippen molar-refractivity contribution in [2.75, 3.05) is 11.5 Å². The van der Waals surface area contributed by atoms with Crippen molar-refractivity contribution in [2.24, 2.45) is 0 Å². The van der Waals surface area contributed by atoms with E-state index in [1.165, 1.54) is 66.2 Å². The number of ether oxygens (including phenoxy) is 1. The number of nitrogens with zero attached hydrogens (tertiary/aromatic N) is 1. The molecule has 0 aliphatic carbocycles. The molecule has 2 heteroatoms. The van der Waals surface area contributed by atoms with Gasteiger partial charge in [-0.2, -0.15) is 0 Å². The van der Waals surface area contributed by atoms with Crippen molar-refractivity contribution in [2.45, 2.75) is 6.42 Å². The third kappa shape index (κ3) is 7.01. The predicted octanol–water partition coefficient (Wildman–Crippen LogP) is 17.4. The quantitative estimate of drug-likeness (QED) is 0.165. The SMILES string of the molecule is c1ccc(-c2ccc(N(c3ccccc3)c3ccc(-c4cccc5c4-c4ccccc4-c4ccc6ccccc6c4CCOc4c-5ccc5ccccc45)cc3)cc2-c2ccccc2)cc1. The Morgan fingerprint density at radius 2 is 0.818 bits per heavy atom. The standard InChI is InChI=1S/C64H45NO/c1-4-17-44(18-5-1)53-40-37-51(43-62(53)45-19-6-2-7-20-45)65(49-23-8-3-9-24-49)50-35-31-48(32-36-50)54-29-16-30-60-61-39-34-47-22-11-13-26-55(47)64(61)66-42-41-58-52-25-12-10-21-46(52)33-38-57(58)56-27-14-15-28-59(56)63(54)60/h1-40,43H,41-42H2. The van der Waals surface area contributed by atoms with Gasteiger partial charge in [-0.05, 0) is 125 Å². The smallest absolute Gasteiger partial charge is 0.134 e. The molecule has 11 aromatic rings. The van der Waals surface area contributed by atoms with Gasteiger partial charge in [0.25, 0.3) is 0 Å². The molecule has 0 saturated heterocycles. The summed E-state index contributed by atoms with van der Waals surface area (Å²) in [6, 6.07) is 90.3. The molecule has 11 aromatic carbocycles. The molecule has 0 atom stereocenters. The van der Waals surface area contributed by atoms with Crippen LogP contribution in [-0.2, 0) is 6.42 Å². The summed E-state index contributed by atoms with van der Waals surface area (Å²) in [5, 5.41) is 4.79. The van der Waals surface area contributed by atoms with Crippen LogP contribution in [-0.4, -0.2) is 6.61 Å². The molecule has 0 amide bonds. The van der Waals surface area contributed by atoms with Gasteiger partial charge in [-0.3, -0.25) is 0 Å². The van der Waals surface area contributed by atoms with Crippen LogP contribution < -0.4 is 9.64 Å². The molecule has 0 aromatic heterocycles. The van der Waals surface area contributed by atoms with E-state index in [9.17, 15) is 0 Å². The van der Waals surface area contributed by atoms with Gasteiger partial charge in [0.15, 0.2) is 0 Å². The molecule has 0 bridgehead atoms. The van der Waals surface area contributed by atoms with Gasteiger partial charge in [0.05, 0.1) is 6.61 Å². The highest BCUT2D eigenvalue weighted by Gasteiger charge is 2.24. The fourth-order valence-electron chi connectivity index (χ4n) is 10.2. The lowest BCUT2D eigenvalue weighted by Gasteiger charge is -2.27. The second-order valence-corrected chi connectivity index (χ2v) is 17.0. The van der Waals surface area contributed by atoms with Crippen LogP contribution in [0, 0.1) is 0 Å². The first-order valence-electron chi connectivity index (χ1n) is 22.9. The topological polar surface area (TPSA) is 12.5 Å². The van der Waals surface area contributed by atoms with Gasteiger partial charge in [0, 0.05) is 34.4 Å². The second-order valence-electron chi connectivity index (χ2n) is 17.0. The molecule has 0 radical (unpaired) electrons. The Hall–Kier alpha value is -8.46. The van der Waals surface area contributed by atoms with Crippen LogP contribution in [0.5, 0.6) is 5.75 Å². The Morgan fingerprint density at radius 3 is 1.56 bits per heavy atom. The zero-order valence-electron chi connectivity index (χ0n) is 36.4. The maximum Gasteiger partial charge on any atom is 0.134 e. The van der Waals surface area contributed by atoms with E-state index >= 15 is 0 Å². The summed E-state index contributed by atoms with van der Waals surface area (Å²) in [5.74, 6) is 0.926. The van der Waals surface area contributed by atoms with Crippen molar-refractivity contribution >= 4 is 38.6 Å². The normalized spacial score (nSPS) is 11.9. The van der Waals surface area contributed by atoms with E-state index < -0.39 is 0 Å². The molecular formula is C64H45NO. The van der Waals surface area contributed by atoms with Crippen molar-refractivity contribution in [1.29, 1.82) is 0 Å². The first kappa shape index (κ1) is 39.2. The summed E-state index contributed by atoms with van der Waals surface area (Å²) in [5.41, 5.74) is 18.7. The van der Waals surface area contributed by atoms with E-state index in [2.05, 4.69) is 254 Å². The van der Waals surface area contributed by atoms with Crippen molar-refractivity contribution in [3.63, 3.8) is 0 Å². The van der Waals surface area contributed by atoms with Crippen LogP contribution in [0.2, 0.25) is 0 Å². The van der Waals surface area contributed by atoms with E-state index in [1.54, 1.807) is 0 Å². The highest BCUT2D eigenvalue weighted by atomic mass is 16.5. The number of rotatable bonds is 6. The highest BCUT2D eigenvalue weighted by molar-refractivity contribution is 6.05. The monoisotopic (exact) mass is 843 g/mol. The fraction of sp³-hybridized carbons (Fsp3) is 0.0312. The fourth-order valence-corrected chi connectivity index (χ4v) is 10.2. The lowest BCUT2D eigenvalue weighted by atomic mass is 9.82. The average molecular weight is 844 g/mol. The molecule has 2 nitrogen and oxygen atoms in total. The molecule has 312 valence electrons. The minimum atomic E-state index is 0.556. The van der Waals surface area contributed by atoms with Gasteiger partial charge >= 0.3 is 0 Å². The van der Waals surface area contributed by atoms with Crippen LogP contribution in [0.1, 0.15) is 5.56 Å². The Bertz CT molecular complexity index is 3540. The first-order chi connectivity index (χ1) is 32.8. The van der Waals surface area contributed by atoms with Crippen molar-refractivity contribution in [1.82, 2.24) is 0 Å². The summed E-state index contributed by atoms with van der Waals surface area (Å²) >= 11 is 0. The zero-order chi connectivity index (χ0) is 43.8. The Morgan fingerprint density at radius 1 is 0.303 bits per heavy atom. The Labute approximate surface area is 386 Å². The predicted molar refractivity (Wildman–Crippen MR) is 278 cm³/mol. The van der Waals surface area contributed by atoms with E-state index in [0.29, 0.717) is 6.61 Å². The Kier molecular flexibility index (Phi) is 10.0. The number of hydrogen-bond acceptors (Lipinski definition) is 2. The van der Waals surface area contributed by atoms with Crippen LogP contribution in [0.15, 0.2) is 249 Å². The molecule has 0 saturated carbocycles. The number of benzene rings is 11. The summed E-state index contributed by atoms with van der Waals surface area (Å²) in [4.78, 5) is 2.37. The summed E-state index contributed by atoms with van der Waals surface area (Å²) in [6.45, 7) is 0.556. The molecule has 1 heterocycles.